The van der Waals surface area contributed by atoms with Gasteiger partial charge in [0.15, 0.2) is 0 Å². The lowest BCUT2D eigenvalue weighted by atomic mass is 10.1. The number of carboxylic acids is 1. The summed E-state index contributed by atoms with van der Waals surface area (Å²) in [4.78, 5) is 10.0. The summed E-state index contributed by atoms with van der Waals surface area (Å²) in [5, 5.41) is 8.27. The van der Waals surface area contributed by atoms with E-state index in [1.807, 2.05) is 0 Å². The maximum atomic E-state index is 10.0. The first-order valence-electron chi connectivity index (χ1n) is 3.99. The van der Waals surface area contributed by atoms with E-state index in [2.05, 4.69) is 6.92 Å². The number of aliphatic carboxylic acids is 1. The predicted octanol–water partition coefficient (Wildman–Crippen LogP) is 2.05. The van der Waals surface area contributed by atoms with Crippen molar-refractivity contribution >= 4 is 29.0 Å². The second-order valence-electron chi connectivity index (χ2n) is 2.56. The summed E-state index contributed by atoms with van der Waals surface area (Å²) >= 11 is 0. The van der Waals surface area contributed by atoms with E-state index in [0.29, 0.717) is 6.42 Å². The van der Waals surface area contributed by atoms with Crippen molar-refractivity contribution in [2.24, 2.45) is 0 Å². The number of carbonyl (C=O) groups is 1. The highest BCUT2D eigenvalue weighted by Crippen LogP contribution is 2.04. The molecule has 0 aliphatic carbocycles. The molecule has 2 radical (unpaired) electrons. The molecule has 0 amide bonds. The number of rotatable bonds is 6. The molecule has 3 heteroatoms. The Kier molecular flexibility index (Phi) is 12.8. The first-order chi connectivity index (χ1) is 4.77. The Bertz CT molecular complexity index is 94.1. The molecule has 0 aliphatic heterocycles. The molecule has 0 unspecified atom stereocenters. The van der Waals surface area contributed by atoms with E-state index in [-0.39, 0.29) is 23.1 Å². The minimum Gasteiger partial charge on any atom is -0.481 e. The van der Waals surface area contributed by atoms with Crippen molar-refractivity contribution in [2.45, 2.75) is 45.4 Å². The van der Waals surface area contributed by atoms with Gasteiger partial charge in [0.1, 0.15) is 0 Å². The summed E-state index contributed by atoms with van der Waals surface area (Å²) < 4.78 is 0. The molecule has 0 rings (SSSR count). The maximum Gasteiger partial charge on any atom is 0.303 e. The van der Waals surface area contributed by atoms with E-state index in [9.17, 15) is 4.79 Å². The average Bonchev–Trinajstić information content (AvgIpc) is 1.87. The van der Waals surface area contributed by atoms with Gasteiger partial charge < -0.3 is 5.11 Å². The van der Waals surface area contributed by atoms with Crippen LogP contribution in [0, 0.1) is 0 Å². The van der Waals surface area contributed by atoms with Crippen molar-refractivity contribution < 1.29 is 9.90 Å². The fraction of sp³-hybridized carbons (Fsp3) is 0.875. The van der Waals surface area contributed by atoms with Crippen LogP contribution in [-0.2, 0) is 4.79 Å². The quantitative estimate of drug-likeness (QED) is 0.487. The molecule has 11 heavy (non-hydrogen) atoms. The van der Waals surface area contributed by atoms with E-state index >= 15 is 0 Å². The van der Waals surface area contributed by atoms with E-state index in [1.54, 1.807) is 0 Å². The lowest BCUT2D eigenvalue weighted by Gasteiger charge is -1.95. The van der Waals surface area contributed by atoms with Crippen molar-refractivity contribution in [1.29, 1.82) is 0 Å². The van der Waals surface area contributed by atoms with Gasteiger partial charge in [-0.05, 0) is 6.42 Å². The van der Waals surface area contributed by atoms with E-state index in [0.717, 1.165) is 12.8 Å². The van der Waals surface area contributed by atoms with Gasteiger partial charge in [-0.1, -0.05) is 32.6 Å². The van der Waals surface area contributed by atoms with Crippen LogP contribution in [0.25, 0.3) is 0 Å². The van der Waals surface area contributed by atoms with Crippen LogP contribution >= 0.6 is 0 Å². The van der Waals surface area contributed by atoms with Gasteiger partial charge in [0.25, 0.3) is 0 Å². The molecule has 0 aliphatic rings. The third-order valence-corrected chi connectivity index (χ3v) is 1.49. The molecule has 0 atom stereocenters. The summed E-state index contributed by atoms with van der Waals surface area (Å²) in [6.45, 7) is 2.15. The molecule has 0 bridgehead atoms. The van der Waals surface area contributed by atoms with Crippen molar-refractivity contribution in [3.8, 4) is 0 Å². The molecule has 62 valence electrons. The third-order valence-electron chi connectivity index (χ3n) is 1.49. The minimum absolute atomic E-state index is 0. The molecule has 0 fully saturated rings. The molecule has 0 saturated carbocycles. The topological polar surface area (TPSA) is 37.3 Å². The Morgan fingerprint density at radius 3 is 2.18 bits per heavy atom. The van der Waals surface area contributed by atoms with Crippen LogP contribution in [0.1, 0.15) is 45.4 Å². The Labute approximate surface area is 84.5 Å². The highest BCUT2D eigenvalue weighted by molar-refractivity contribution is 5.75. The fourth-order valence-corrected chi connectivity index (χ4v) is 0.880. The zero-order valence-electron chi connectivity index (χ0n) is 7.31. The molecular weight excluding hydrogens is 152 g/mol. The zero-order chi connectivity index (χ0) is 7.82. The largest absolute Gasteiger partial charge is 0.481 e. The first-order valence-corrected chi connectivity index (χ1v) is 3.99. The van der Waals surface area contributed by atoms with E-state index < -0.39 is 5.97 Å². The van der Waals surface area contributed by atoms with Gasteiger partial charge in [-0.2, -0.15) is 0 Å². The second-order valence-corrected chi connectivity index (χ2v) is 2.56. The van der Waals surface area contributed by atoms with Crippen LogP contribution in [0.4, 0.5) is 0 Å². The summed E-state index contributed by atoms with van der Waals surface area (Å²) in [6, 6.07) is 0. The van der Waals surface area contributed by atoms with Crippen LogP contribution in [0.5, 0.6) is 0 Å². The molecular formula is C8H16MgO2. The summed E-state index contributed by atoms with van der Waals surface area (Å²) in [5.41, 5.74) is 0. The summed E-state index contributed by atoms with van der Waals surface area (Å²) in [5.74, 6) is -0.670. The highest BCUT2D eigenvalue weighted by Gasteiger charge is 1.94. The highest BCUT2D eigenvalue weighted by atomic mass is 24.3. The minimum atomic E-state index is -0.670. The molecule has 0 aromatic heterocycles. The molecule has 0 aromatic rings. The Hall–Kier alpha value is 0.236. The number of hydrogen-bond acceptors (Lipinski definition) is 1. The van der Waals surface area contributed by atoms with Gasteiger partial charge in [-0.3, -0.25) is 4.79 Å². The van der Waals surface area contributed by atoms with Gasteiger partial charge in [0.05, 0.1) is 0 Å². The van der Waals surface area contributed by atoms with Crippen LogP contribution in [-0.4, -0.2) is 34.1 Å². The third kappa shape index (κ3) is 13.3. The van der Waals surface area contributed by atoms with Crippen LogP contribution in [0.15, 0.2) is 0 Å². The van der Waals surface area contributed by atoms with Crippen LogP contribution in [0.2, 0.25) is 0 Å². The van der Waals surface area contributed by atoms with Crippen molar-refractivity contribution in [3.63, 3.8) is 0 Å². The standard InChI is InChI=1S/C8H16O2.Mg/c1-2-3-4-5-6-7-8(9)10;/h2-7H2,1H3,(H,9,10);. The maximum absolute atomic E-state index is 10.0. The smallest absolute Gasteiger partial charge is 0.303 e. The van der Waals surface area contributed by atoms with Crippen LogP contribution < -0.4 is 0 Å². The van der Waals surface area contributed by atoms with Gasteiger partial charge in [-0.25, -0.2) is 0 Å². The Balaban J connectivity index is 0. The first kappa shape index (κ1) is 13.8. The Morgan fingerprint density at radius 2 is 1.73 bits per heavy atom. The summed E-state index contributed by atoms with van der Waals surface area (Å²) in [6.07, 6.45) is 5.88. The van der Waals surface area contributed by atoms with E-state index in [4.69, 9.17) is 5.11 Å². The molecule has 2 nitrogen and oxygen atoms in total. The molecule has 0 heterocycles. The molecule has 0 aromatic carbocycles. The lowest BCUT2D eigenvalue weighted by Crippen LogP contribution is -1.93. The SMILES string of the molecule is CCCCCCCC(=O)O.[Mg]. The summed E-state index contributed by atoms with van der Waals surface area (Å²) in [7, 11) is 0. The molecule has 1 N–H and O–H groups in total. The van der Waals surface area contributed by atoms with Crippen molar-refractivity contribution in [3.05, 3.63) is 0 Å². The van der Waals surface area contributed by atoms with Crippen LogP contribution in [0.3, 0.4) is 0 Å². The number of hydrogen-bond donors (Lipinski definition) is 1. The van der Waals surface area contributed by atoms with Crippen molar-refractivity contribution in [2.75, 3.05) is 0 Å². The monoisotopic (exact) mass is 168 g/mol. The molecule has 0 saturated heterocycles. The predicted molar refractivity (Wildman–Crippen MR) is 46.8 cm³/mol. The lowest BCUT2D eigenvalue weighted by molar-refractivity contribution is -0.137. The van der Waals surface area contributed by atoms with Gasteiger partial charge >= 0.3 is 5.97 Å². The van der Waals surface area contributed by atoms with E-state index in [1.165, 1.54) is 19.3 Å². The normalized spacial score (nSPS) is 8.82. The molecule has 0 spiro atoms. The van der Waals surface area contributed by atoms with Gasteiger partial charge in [-0.15, -0.1) is 0 Å². The second kappa shape index (κ2) is 10.2. The number of unbranched alkanes of at least 4 members (excludes halogenated alkanes) is 4. The van der Waals surface area contributed by atoms with Gasteiger partial charge in [0.2, 0.25) is 0 Å². The van der Waals surface area contributed by atoms with Gasteiger partial charge in [0, 0.05) is 29.5 Å². The Morgan fingerprint density at radius 1 is 1.18 bits per heavy atom. The fourth-order valence-electron chi connectivity index (χ4n) is 0.880. The number of carboxylic acid groups (broad SMARTS) is 1. The zero-order valence-corrected chi connectivity index (χ0v) is 8.72. The van der Waals surface area contributed by atoms with Crippen molar-refractivity contribution in [1.82, 2.24) is 0 Å². The average molecular weight is 169 g/mol.